The van der Waals surface area contributed by atoms with Crippen molar-refractivity contribution >= 4 is 35.0 Å². The van der Waals surface area contributed by atoms with Crippen LogP contribution in [-0.2, 0) is 35.9 Å². The van der Waals surface area contributed by atoms with Gasteiger partial charge in [0.2, 0.25) is 5.91 Å². The van der Waals surface area contributed by atoms with Crippen LogP contribution in [-0.4, -0.2) is 75.7 Å². The number of H-pyrrole nitrogens is 1. The highest BCUT2D eigenvalue weighted by Gasteiger charge is 2.67. The summed E-state index contributed by atoms with van der Waals surface area (Å²) < 4.78 is 31.9. The van der Waals surface area contributed by atoms with Gasteiger partial charge in [-0.1, -0.05) is 49.6 Å². The maximum Gasteiger partial charge on any atom is 0.411 e. The summed E-state index contributed by atoms with van der Waals surface area (Å²) >= 11 is 0. The highest BCUT2D eigenvalue weighted by Crippen LogP contribution is 2.52. The van der Waals surface area contributed by atoms with Gasteiger partial charge in [0.05, 0.1) is 12.6 Å². The lowest BCUT2D eigenvalue weighted by molar-refractivity contribution is -0.152. The second-order valence-corrected chi connectivity index (χ2v) is 14.3. The predicted molar refractivity (Wildman–Crippen MR) is 179 cm³/mol. The summed E-state index contributed by atoms with van der Waals surface area (Å²) in [5.41, 5.74) is -0.280. The lowest BCUT2D eigenvalue weighted by atomic mass is 9.80. The zero-order valence-electron chi connectivity index (χ0n) is 28.5. The van der Waals surface area contributed by atoms with E-state index in [4.69, 9.17) is 14.2 Å². The summed E-state index contributed by atoms with van der Waals surface area (Å²) in [6, 6.07) is 12.1. The number of nitrogens with zero attached hydrogens (tertiary/aromatic N) is 2. The van der Waals surface area contributed by atoms with E-state index in [2.05, 4.69) is 10.3 Å². The molecule has 11 nitrogen and oxygen atoms in total. The second kappa shape index (κ2) is 13.7. The van der Waals surface area contributed by atoms with Gasteiger partial charge in [-0.3, -0.25) is 14.5 Å². The molecule has 2 aliphatic heterocycles. The van der Waals surface area contributed by atoms with E-state index >= 15 is 0 Å². The van der Waals surface area contributed by atoms with E-state index in [9.17, 15) is 23.6 Å². The Bertz CT molecular complexity index is 1700. The van der Waals surface area contributed by atoms with Gasteiger partial charge in [-0.25, -0.2) is 14.0 Å². The maximum atomic E-state index is 14.9. The molecule has 4 unspecified atom stereocenters. The van der Waals surface area contributed by atoms with E-state index in [0.29, 0.717) is 22.9 Å². The predicted octanol–water partition coefficient (Wildman–Crippen LogP) is 6.16. The third-order valence-corrected chi connectivity index (χ3v) is 9.96. The number of esters is 1. The summed E-state index contributed by atoms with van der Waals surface area (Å²) in [4.78, 5) is 61.2. The number of halogens is 1. The topological polar surface area (TPSA) is 130 Å². The van der Waals surface area contributed by atoms with Gasteiger partial charge in [0.25, 0.3) is 0 Å². The quantitative estimate of drug-likeness (QED) is 0.227. The van der Waals surface area contributed by atoms with Crippen LogP contribution in [0.25, 0.3) is 10.9 Å². The third kappa shape index (κ3) is 6.82. The Kier molecular flexibility index (Phi) is 9.59. The fourth-order valence-corrected chi connectivity index (χ4v) is 8.06. The number of carbonyl (C=O) groups is 4. The van der Waals surface area contributed by atoms with E-state index in [1.54, 1.807) is 42.8 Å². The lowest BCUT2D eigenvalue weighted by Crippen LogP contribution is -2.58. The van der Waals surface area contributed by atoms with Gasteiger partial charge in [0.15, 0.2) is 0 Å². The van der Waals surface area contributed by atoms with Gasteiger partial charge in [-0.05, 0) is 69.7 Å². The minimum Gasteiger partial charge on any atom is -0.458 e. The molecule has 0 bridgehead atoms. The van der Waals surface area contributed by atoms with Crippen LogP contribution >= 0.6 is 0 Å². The van der Waals surface area contributed by atoms with Crippen molar-refractivity contribution in [1.29, 1.82) is 0 Å². The van der Waals surface area contributed by atoms with Gasteiger partial charge < -0.3 is 29.4 Å². The van der Waals surface area contributed by atoms with Crippen molar-refractivity contribution in [2.24, 2.45) is 5.92 Å². The molecule has 1 aromatic heterocycles. The number of carbonyl (C=O) groups excluding carboxylic acids is 4. The molecule has 3 aromatic rings. The number of hydrogen-bond donors (Lipinski definition) is 2. The number of benzene rings is 2. The molecular formula is C37H45FN4O7. The minimum atomic E-state index is -1.38. The first-order valence-electron chi connectivity index (χ1n) is 17.1. The maximum absolute atomic E-state index is 14.9. The Labute approximate surface area is 285 Å². The molecule has 2 saturated heterocycles. The Morgan fingerprint density at radius 3 is 2.47 bits per heavy atom. The molecular weight excluding hydrogens is 631 g/mol. The molecule has 0 spiro atoms. The number of amides is 3. The van der Waals surface area contributed by atoms with Crippen LogP contribution in [0.4, 0.5) is 14.0 Å². The highest BCUT2D eigenvalue weighted by atomic mass is 19.1. The molecule has 2 N–H and O–H groups in total. The van der Waals surface area contributed by atoms with Crippen molar-refractivity contribution in [3.63, 3.8) is 0 Å². The first kappa shape index (κ1) is 34.3. The van der Waals surface area contributed by atoms with Gasteiger partial charge in [0.1, 0.15) is 35.7 Å². The molecule has 262 valence electrons. The third-order valence-electron chi connectivity index (χ3n) is 9.96. The fraction of sp³-hybridized carbons (Fsp3) is 0.514. The number of aromatic nitrogens is 1. The van der Waals surface area contributed by atoms with Crippen LogP contribution in [0.1, 0.15) is 77.3 Å². The SMILES string of the molecule is CC(=O)OC1CN(C(=O)C(NC(=O)OC(C)(C)C)C2CCCCC2)C2CCN(C(=O)OCc3ccccc3)C12c1c[nH]c2cc(F)ccc12. The average molecular weight is 677 g/mol. The van der Waals surface area contributed by atoms with Crippen molar-refractivity contribution in [1.82, 2.24) is 20.1 Å². The number of ether oxygens (including phenoxy) is 3. The smallest absolute Gasteiger partial charge is 0.411 e. The number of aromatic amines is 1. The first-order valence-corrected chi connectivity index (χ1v) is 17.1. The van der Waals surface area contributed by atoms with Crippen molar-refractivity contribution in [2.75, 3.05) is 13.1 Å². The molecule has 4 atom stereocenters. The van der Waals surface area contributed by atoms with Crippen LogP contribution in [0.3, 0.4) is 0 Å². The molecule has 49 heavy (non-hydrogen) atoms. The van der Waals surface area contributed by atoms with Crippen molar-refractivity contribution in [3.05, 3.63) is 71.7 Å². The number of likely N-dealkylation sites (tertiary alicyclic amines) is 2. The van der Waals surface area contributed by atoms with E-state index in [1.807, 2.05) is 30.3 Å². The van der Waals surface area contributed by atoms with E-state index in [1.165, 1.54) is 19.1 Å². The van der Waals surface area contributed by atoms with E-state index < -0.39 is 53.3 Å². The van der Waals surface area contributed by atoms with E-state index in [0.717, 1.165) is 37.7 Å². The summed E-state index contributed by atoms with van der Waals surface area (Å²) in [6.45, 7) is 6.76. The largest absolute Gasteiger partial charge is 0.458 e. The van der Waals surface area contributed by atoms with Gasteiger partial charge in [0, 0.05) is 36.1 Å². The fourth-order valence-electron chi connectivity index (χ4n) is 8.06. The summed E-state index contributed by atoms with van der Waals surface area (Å²) in [6.07, 6.45) is 4.16. The first-order chi connectivity index (χ1) is 23.4. The van der Waals surface area contributed by atoms with Crippen molar-refractivity contribution in [2.45, 2.75) is 102 Å². The van der Waals surface area contributed by atoms with Gasteiger partial charge >= 0.3 is 18.2 Å². The summed E-state index contributed by atoms with van der Waals surface area (Å²) in [7, 11) is 0. The molecule has 2 aromatic carbocycles. The zero-order valence-corrected chi connectivity index (χ0v) is 28.5. The van der Waals surface area contributed by atoms with Crippen LogP contribution in [0.2, 0.25) is 0 Å². The highest BCUT2D eigenvalue weighted by molar-refractivity contribution is 5.89. The Morgan fingerprint density at radius 2 is 1.78 bits per heavy atom. The molecule has 3 fully saturated rings. The number of hydrogen-bond acceptors (Lipinski definition) is 7. The number of alkyl carbamates (subject to hydrolysis) is 1. The molecule has 6 rings (SSSR count). The van der Waals surface area contributed by atoms with Gasteiger partial charge in [-0.15, -0.1) is 0 Å². The summed E-state index contributed by atoms with van der Waals surface area (Å²) in [5, 5.41) is 3.52. The number of rotatable bonds is 7. The average Bonchev–Trinajstić information content (AvgIpc) is 3.74. The second-order valence-electron chi connectivity index (χ2n) is 14.3. The molecule has 1 aliphatic carbocycles. The van der Waals surface area contributed by atoms with E-state index in [-0.39, 0.29) is 31.5 Å². The van der Waals surface area contributed by atoms with Crippen LogP contribution < -0.4 is 5.32 Å². The van der Waals surface area contributed by atoms with Crippen molar-refractivity contribution in [3.8, 4) is 0 Å². The molecule has 12 heteroatoms. The number of nitrogens with one attached hydrogen (secondary N) is 2. The standard InChI is InChI=1S/C37H45FN4O7/c1-23(43)48-31-21-41(33(44)32(25-13-9-6-10-14-25)40-34(45)49-36(2,3)4)30-17-18-42(35(46)47-22-24-11-7-5-8-12-24)37(30,31)28-20-39-29-19-26(38)15-16-27(28)29/h5,7-8,11-12,15-16,19-20,25,30-32,39H,6,9-10,13-14,17-18,21-22H2,1-4H3,(H,40,45). The molecule has 0 radical (unpaired) electrons. The van der Waals surface area contributed by atoms with Gasteiger partial charge in [-0.2, -0.15) is 0 Å². The Morgan fingerprint density at radius 1 is 1.04 bits per heavy atom. The molecule has 3 aliphatic rings. The lowest BCUT2D eigenvalue weighted by Gasteiger charge is -2.41. The monoisotopic (exact) mass is 676 g/mol. The Balaban J connectivity index is 1.43. The Hall–Kier alpha value is -4.61. The van der Waals surface area contributed by atoms with Crippen LogP contribution in [0.5, 0.6) is 0 Å². The summed E-state index contributed by atoms with van der Waals surface area (Å²) in [5.74, 6) is -1.47. The minimum absolute atomic E-state index is 0.0143. The zero-order chi connectivity index (χ0) is 34.9. The number of fused-ring (bicyclic) bond motifs is 2. The molecule has 3 heterocycles. The van der Waals surface area contributed by atoms with Crippen LogP contribution in [0, 0.1) is 11.7 Å². The molecule has 1 saturated carbocycles. The normalized spacial score (nSPS) is 23.2. The van der Waals surface area contributed by atoms with Crippen LogP contribution in [0.15, 0.2) is 54.7 Å². The van der Waals surface area contributed by atoms with Crippen molar-refractivity contribution < 1.29 is 37.8 Å². The molecule has 3 amide bonds.